The number of Topliss-reactive ketones (excluding diaryl/α,β-unsaturated/α-hetero) is 1. The van der Waals surface area contributed by atoms with Crippen LogP contribution in [0.3, 0.4) is 0 Å². The van der Waals surface area contributed by atoms with Gasteiger partial charge in [-0.1, -0.05) is 36.4 Å². The van der Waals surface area contributed by atoms with Gasteiger partial charge in [-0.05, 0) is 48.9 Å². The van der Waals surface area contributed by atoms with Gasteiger partial charge in [0.15, 0.2) is 11.5 Å². The summed E-state index contributed by atoms with van der Waals surface area (Å²) in [6, 6.07) is 14.9. The van der Waals surface area contributed by atoms with E-state index in [1.165, 1.54) is 11.1 Å². The molecule has 2 bridgehead atoms. The number of hydrogen-bond donors (Lipinski definition) is 1. The van der Waals surface area contributed by atoms with Crippen molar-refractivity contribution >= 4 is 5.78 Å². The number of hydrogen-bond acceptors (Lipinski definition) is 4. The van der Waals surface area contributed by atoms with Crippen molar-refractivity contribution in [1.82, 2.24) is 5.32 Å². The molecule has 3 atom stereocenters. The number of carbonyl (C=O) groups is 1. The van der Waals surface area contributed by atoms with Crippen molar-refractivity contribution in [3.8, 4) is 11.5 Å². The zero-order chi connectivity index (χ0) is 19.1. The summed E-state index contributed by atoms with van der Waals surface area (Å²) in [5, 5.41) is 3.72. The van der Waals surface area contributed by atoms with Crippen molar-refractivity contribution in [1.29, 1.82) is 0 Å². The van der Waals surface area contributed by atoms with Crippen molar-refractivity contribution in [3.63, 3.8) is 0 Å². The molecule has 0 spiro atoms. The van der Waals surface area contributed by atoms with Gasteiger partial charge in [0.05, 0.1) is 7.11 Å². The molecule has 28 heavy (non-hydrogen) atoms. The Labute approximate surface area is 166 Å². The molecule has 2 aromatic carbocycles. The van der Waals surface area contributed by atoms with E-state index in [-0.39, 0.29) is 5.41 Å². The highest BCUT2D eigenvalue weighted by Gasteiger charge is 2.55. The highest BCUT2D eigenvalue weighted by atomic mass is 16.5. The van der Waals surface area contributed by atoms with Crippen LogP contribution < -0.4 is 14.8 Å². The van der Waals surface area contributed by atoms with Gasteiger partial charge in [0.2, 0.25) is 0 Å². The Morgan fingerprint density at radius 3 is 2.86 bits per heavy atom. The fourth-order valence-corrected chi connectivity index (χ4v) is 5.85. The van der Waals surface area contributed by atoms with Crippen LogP contribution in [0, 0.1) is 5.92 Å². The number of nitrogens with one attached hydrogen (secondary N) is 1. The van der Waals surface area contributed by atoms with E-state index in [9.17, 15) is 4.79 Å². The van der Waals surface area contributed by atoms with Crippen LogP contribution in [0.1, 0.15) is 42.4 Å². The lowest BCUT2D eigenvalue weighted by atomic mass is 9.52. The van der Waals surface area contributed by atoms with Crippen molar-refractivity contribution in [2.75, 3.05) is 13.7 Å². The number of methoxy groups -OCH3 is 1. The third-order valence-corrected chi connectivity index (χ3v) is 7.01. The Hall–Kier alpha value is -2.33. The summed E-state index contributed by atoms with van der Waals surface area (Å²) < 4.78 is 12.1. The molecule has 0 radical (unpaired) electrons. The Balaban J connectivity index is 1.62. The minimum absolute atomic E-state index is 0.112. The normalized spacial score (nSPS) is 28.2. The lowest BCUT2D eigenvalue weighted by molar-refractivity contribution is -0.125. The highest BCUT2D eigenvalue weighted by molar-refractivity contribution is 5.82. The van der Waals surface area contributed by atoms with E-state index in [1.54, 1.807) is 7.11 Å². The van der Waals surface area contributed by atoms with Crippen molar-refractivity contribution in [2.45, 2.75) is 50.2 Å². The molecule has 2 fully saturated rings. The summed E-state index contributed by atoms with van der Waals surface area (Å²) >= 11 is 0. The zero-order valence-corrected chi connectivity index (χ0v) is 16.4. The molecular weight excluding hydrogens is 350 g/mol. The molecule has 0 aromatic heterocycles. The Morgan fingerprint density at radius 2 is 2.04 bits per heavy atom. The number of carbonyl (C=O) groups excluding carboxylic acids is 1. The lowest BCUT2D eigenvalue weighted by Gasteiger charge is -2.55. The molecule has 5 rings (SSSR count). The topological polar surface area (TPSA) is 47.6 Å². The van der Waals surface area contributed by atoms with Gasteiger partial charge in [-0.3, -0.25) is 4.79 Å². The average molecular weight is 377 g/mol. The van der Waals surface area contributed by atoms with Crippen LogP contribution in [0.5, 0.6) is 11.5 Å². The zero-order valence-electron chi connectivity index (χ0n) is 16.4. The Bertz CT molecular complexity index is 894. The van der Waals surface area contributed by atoms with Crippen LogP contribution in [0.15, 0.2) is 42.5 Å². The predicted octanol–water partition coefficient (Wildman–Crippen LogP) is 3.80. The van der Waals surface area contributed by atoms with Gasteiger partial charge in [0, 0.05) is 29.9 Å². The molecule has 1 saturated heterocycles. The smallest absolute Gasteiger partial charge is 0.165 e. The monoisotopic (exact) mass is 377 g/mol. The summed E-state index contributed by atoms with van der Waals surface area (Å²) in [5.74, 6) is 2.51. The molecule has 1 unspecified atom stereocenters. The molecule has 4 heteroatoms. The number of ketones is 1. The first-order valence-corrected chi connectivity index (χ1v) is 10.3. The second kappa shape index (κ2) is 6.93. The maximum atomic E-state index is 12.6. The summed E-state index contributed by atoms with van der Waals surface area (Å²) in [7, 11) is 1.70. The van der Waals surface area contributed by atoms with Crippen LogP contribution in [0.2, 0.25) is 0 Å². The Kier molecular flexibility index (Phi) is 4.39. The number of fused-ring (bicyclic) bond motifs is 1. The van der Waals surface area contributed by atoms with E-state index < -0.39 is 0 Å². The first kappa shape index (κ1) is 17.7. The molecule has 1 aliphatic heterocycles. The summed E-state index contributed by atoms with van der Waals surface area (Å²) in [6.07, 6.45) is 4.32. The van der Waals surface area contributed by atoms with E-state index in [2.05, 4.69) is 23.5 Å². The average Bonchev–Trinajstić information content (AvgIpc) is 2.72. The van der Waals surface area contributed by atoms with Gasteiger partial charge in [0.1, 0.15) is 12.4 Å². The van der Waals surface area contributed by atoms with Crippen LogP contribution in [0.25, 0.3) is 0 Å². The third-order valence-electron chi connectivity index (χ3n) is 7.01. The molecular formula is C24H27NO3. The lowest BCUT2D eigenvalue weighted by Crippen LogP contribution is -2.60. The molecule has 4 nitrogen and oxygen atoms in total. The molecule has 1 N–H and O–H groups in total. The summed E-state index contributed by atoms with van der Waals surface area (Å²) in [5.41, 5.74) is 3.58. The van der Waals surface area contributed by atoms with Crippen LogP contribution >= 0.6 is 0 Å². The second-order valence-corrected chi connectivity index (χ2v) is 8.44. The highest BCUT2D eigenvalue weighted by Crippen LogP contribution is 2.57. The number of rotatable bonds is 4. The largest absolute Gasteiger partial charge is 0.493 e. The van der Waals surface area contributed by atoms with E-state index in [1.807, 2.05) is 24.3 Å². The standard InChI is InChI=1S/C24H27NO3/c1-27-21-10-7-17-13-20-19-9-8-18(26)14-24(19,11-12-25-20)22(17)23(21)28-15-16-5-3-2-4-6-16/h2-7,10,19-20,25H,8-9,11-15H2,1H3/t19-,20+,24?/m1/s1. The quantitative estimate of drug-likeness (QED) is 0.880. The van der Waals surface area contributed by atoms with Crippen molar-refractivity contribution in [2.24, 2.45) is 5.92 Å². The molecule has 2 aromatic rings. The fraction of sp³-hybridized carbons (Fsp3) is 0.458. The van der Waals surface area contributed by atoms with Gasteiger partial charge >= 0.3 is 0 Å². The molecule has 3 aliphatic rings. The number of ether oxygens (including phenoxy) is 2. The van der Waals surface area contributed by atoms with Crippen molar-refractivity contribution < 1.29 is 14.3 Å². The second-order valence-electron chi connectivity index (χ2n) is 8.44. The van der Waals surface area contributed by atoms with E-state index >= 15 is 0 Å². The number of benzene rings is 2. The van der Waals surface area contributed by atoms with Gasteiger partial charge < -0.3 is 14.8 Å². The van der Waals surface area contributed by atoms with Crippen LogP contribution in [-0.4, -0.2) is 25.5 Å². The molecule has 0 amide bonds. The van der Waals surface area contributed by atoms with Gasteiger partial charge in [-0.2, -0.15) is 0 Å². The fourth-order valence-electron chi connectivity index (χ4n) is 5.85. The van der Waals surface area contributed by atoms with Crippen molar-refractivity contribution in [3.05, 3.63) is 59.2 Å². The van der Waals surface area contributed by atoms with E-state index in [4.69, 9.17) is 9.47 Å². The van der Waals surface area contributed by atoms with Gasteiger partial charge in [-0.15, -0.1) is 0 Å². The summed E-state index contributed by atoms with van der Waals surface area (Å²) in [4.78, 5) is 12.6. The van der Waals surface area contributed by atoms with Gasteiger partial charge in [0.25, 0.3) is 0 Å². The molecule has 2 aliphatic carbocycles. The maximum absolute atomic E-state index is 12.6. The minimum atomic E-state index is -0.112. The SMILES string of the molecule is COc1ccc2c(c1OCc1ccccc1)C13CCN[C@@H](C2)[C@H]1CCC(=O)C3. The summed E-state index contributed by atoms with van der Waals surface area (Å²) in [6.45, 7) is 1.47. The first-order chi connectivity index (χ1) is 13.7. The molecule has 1 heterocycles. The van der Waals surface area contributed by atoms with Gasteiger partial charge in [-0.25, -0.2) is 0 Å². The predicted molar refractivity (Wildman–Crippen MR) is 108 cm³/mol. The Morgan fingerprint density at radius 1 is 1.18 bits per heavy atom. The third kappa shape index (κ3) is 2.74. The van der Waals surface area contributed by atoms with E-state index in [0.29, 0.717) is 37.2 Å². The van der Waals surface area contributed by atoms with Crippen LogP contribution in [-0.2, 0) is 23.2 Å². The van der Waals surface area contributed by atoms with E-state index in [0.717, 1.165) is 42.9 Å². The molecule has 1 saturated carbocycles. The molecule has 146 valence electrons. The number of piperidine rings is 1. The minimum Gasteiger partial charge on any atom is -0.493 e. The maximum Gasteiger partial charge on any atom is 0.165 e. The first-order valence-electron chi connectivity index (χ1n) is 10.3. The van der Waals surface area contributed by atoms with Crippen LogP contribution in [0.4, 0.5) is 0 Å².